The first-order chi connectivity index (χ1) is 13.6. The Morgan fingerprint density at radius 2 is 1.93 bits per heavy atom. The number of ether oxygens (including phenoxy) is 1. The van der Waals surface area contributed by atoms with Crippen molar-refractivity contribution in [2.24, 2.45) is 11.3 Å². The van der Waals surface area contributed by atoms with Crippen molar-refractivity contribution in [1.82, 2.24) is 15.1 Å². The van der Waals surface area contributed by atoms with Gasteiger partial charge in [-0.25, -0.2) is 9.18 Å². The third kappa shape index (κ3) is 3.85. The van der Waals surface area contributed by atoms with Crippen molar-refractivity contribution < 1.29 is 18.7 Å². The van der Waals surface area contributed by atoms with E-state index in [1.54, 1.807) is 17.0 Å². The topological polar surface area (TPSA) is 61.9 Å². The van der Waals surface area contributed by atoms with Gasteiger partial charge in [-0.05, 0) is 43.4 Å². The summed E-state index contributed by atoms with van der Waals surface area (Å²) >= 11 is 0. The molecule has 3 fully saturated rings. The van der Waals surface area contributed by atoms with Gasteiger partial charge in [0.15, 0.2) is 0 Å². The van der Waals surface area contributed by atoms with E-state index in [0.717, 1.165) is 44.3 Å². The number of carbonyl (C=O) groups excluding carboxylic acids is 2. The van der Waals surface area contributed by atoms with Gasteiger partial charge in [-0.15, -0.1) is 0 Å². The number of likely N-dealkylation sites (tertiary alicyclic amines) is 2. The average Bonchev–Trinajstić information content (AvgIpc) is 3.35. The van der Waals surface area contributed by atoms with Gasteiger partial charge in [0.05, 0.1) is 5.92 Å². The molecule has 4 rings (SSSR count). The molecule has 3 heterocycles. The number of urea groups is 1. The van der Waals surface area contributed by atoms with E-state index in [9.17, 15) is 14.0 Å². The van der Waals surface area contributed by atoms with Crippen LogP contribution in [0.2, 0.25) is 0 Å². The van der Waals surface area contributed by atoms with E-state index in [0.29, 0.717) is 26.3 Å². The monoisotopic (exact) mass is 389 g/mol. The zero-order valence-corrected chi connectivity index (χ0v) is 16.2. The lowest BCUT2D eigenvalue weighted by Crippen LogP contribution is -2.45. The molecule has 0 aliphatic carbocycles. The van der Waals surface area contributed by atoms with Gasteiger partial charge in [0.1, 0.15) is 5.82 Å². The van der Waals surface area contributed by atoms with Gasteiger partial charge in [0.25, 0.3) is 0 Å². The quantitative estimate of drug-likeness (QED) is 0.864. The first-order valence-corrected chi connectivity index (χ1v) is 10.2. The molecule has 0 unspecified atom stereocenters. The number of carbonyl (C=O) groups is 2. The minimum atomic E-state index is -0.314. The van der Waals surface area contributed by atoms with Crippen LogP contribution in [0.3, 0.4) is 0 Å². The van der Waals surface area contributed by atoms with Crippen molar-refractivity contribution in [3.8, 4) is 0 Å². The number of halogens is 1. The van der Waals surface area contributed by atoms with E-state index in [1.165, 1.54) is 12.1 Å². The number of rotatable bonds is 3. The maximum Gasteiger partial charge on any atom is 0.317 e. The highest BCUT2D eigenvalue weighted by atomic mass is 19.1. The van der Waals surface area contributed by atoms with Crippen molar-refractivity contribution in [2.45, 2.75) is 32.2 Å². The van der Waals surface area contributed by atoms with Gasteiger partial charge in [-0.2, -0.15) is 0 Å². The van der Waals surface area contributed by atoms with Crippen LogP contribution in [0.15, 0.2) is 24.3 Å². The molecule has 28 heavy (non-hydrogen) atoms. The molecule has 152 valence electrons. The van der Waals surface area contributed by atoms with E-state index in [4.69, 9.17) is 4.74 Å². The summed E-state index contributed by atoms with van der Waals surface area (Å²) in [6.45, 7) is 4.24. The lowest BCUT2D eigenvalue weighted by molar-refractivity contribution is -0.139. The predicted octanol–water partition coefficient (Wildman–Crippen LogP) is 2.39. The van der Waals surface area contributed by atoms with Gasteiger partial charge in [0, 0.05) is 51.4 Å². The standard InChI is InChI=1S/C21H28FN3O3/c22-17-5-3-4-16(12-17)13-23-20(27)25-14-18(19(26)24-8-1-2-9-24)21(15-25)6-10-28-11-7-21/h3-5,12,18H,1-2,6-11,13-15H2,(H,23,27)/t18-/m0/s1. The molecule has 1 aromatic rings. The summed E-state index contributed by atoms with van der Waals surface area (Å²) in [5.74, 6) is -0.278. The summed E-state index contributed by atoms with van der Waals surface area (Å²) in [7, 11) is 0. The molecule has 0 saturated carbocycles. The Hall–Kier alpha value is -2.15. The van der Waals surface area contributed by atoms with Crippen molar-refractivity contribution in [3.05, 3.63) is 35.6 Å². The normalized spacial score (nSPS) is 24.0. The first kappa shape index (κ1) is 19.2. The fourth-order valence-electron chi connectivity index (χ4n) is 4.84. The van der Waals surface area contributed by atoms with Crippen LogP contribution in [0.5, 0.6) is 0 Å². The molecule has 1 N–H and O–H groups in total. The Kier molecular flexibility index (Phi) is 5.53. The maximum absolute atomic E-state index is 13.3. The molecule has 1 aromatic carbocycles. The largest absolute Gasteiger partial charge is 0.381 e. The summed E-state index contributed by atoms with van der Waals surface area (Å²) in [6.07, 6.45) is 3.74. The second kappa shape index (κ2) is 8.07. The Morgan fingerprint density at radius 1 is 1.18 bits per heavy atom. The number of hydrogen-bond donors (Lipinski definition) is 1. The maximum atomic E-state index is 13.3. The Bertz CT molecular complexity index is 729. The lowest BCUT2D eigenvalue weighted by atomic mass is 9.71. The lowest BCUT2D eigenvalue weighted by Gasteiger charge is -2.38. The highest BCUT2D eigenvalue weighted by molar-refractivity contribution is 5.83. The Labute approximate surface area is 165 Å². The molecule has 3 aliphatic heterocycles. The fraction of sp³-hybridized carbons (Fsp3) is 0.619. The van der Waals surface area contributed by atoms with Gasteiger partial charge in [-0.3, -0.25) is 4.79 Å². The number of amides is 3. The van der Waals surface area contributed by atoms with Gasteiger partial charge >= 0.3 is 6.03 Å². The van der Waals surface area contributed by atoms with Crippen LogP contribution in [0, 0.1) is 17.2 Å². The van der Waals surface area contributed by atoms with Crippen LogP contribution in [0.1, 0.15) is 31.2 Å². The van der Waals surface area contributed by atoms with E-state index in [2.05, 4.69) is 5.32 Å². The summed E-state index contributed by atoms with van der Waals surface area (Å²) in [4.78, 5) is 29.7. The molecule has 1 atom stereocenters. The van der Waals surface area contributed by atoms with E-state index in [-0.39, 0.29) is 35.6 Å². The molecule has 1 spiro atoms. The van der Waals surface area contributed by atoms with Crippen molar-refractivity contribution in [1.29, 1.82) is 0 Å². The molecular formula is C21H28FN3O3. The number of benzene rings is 1. The predicted molar refractivity (Wildman–Crippen MR) is 102 cm³/mol. The van der Waals surface area contributed by atoms with Gasteiger partial charge in [0.2, 0.25) is 5.91 Å². The van der Waals surface area contributed by atoms with Crippen molar-refractivity contribution in [2.75, 3.05) is 39.4 Å². The van der Waals surface area contributed by atoms with Gasteiger partial charge in [-0.1, -0.05) is 12.1 Å². The summed E-state index contributed by atoms with van der Waals surface area (Å²) in [6, 6.07) is 6.03. The average molecular weight is 389 g/mol. The fourth-order valence-corrected chi connectivity index (χ4v) is 4.84. The first-order valence-electron chi connectivity index (χ1n) is 10.2. The van der Waals surface area contributed by atoms with Crippen LogP contribution < -0.4 is 5.32 Å². The van der Waals surface area contributed by atoms with E-state index < -0.39 is 0 Å². The number of nitrogens with zero attached hydrogens (tertiary/aromatic N) is 2. The smallest absolute Gasteiger partial charge is 0.317 e. The van der Waals surface area contributed by atoms with Crippen LogP contribution in [0.25, 0.3) is 0 Å². The summed E-state index contributed by atoms with van der Waals surface area (Å²) in [5, 5.41) is 2.88. The molecule has 6 nitrogen and oxygen atoms in total. The Balaban J connectivity index is 1.44. The molecular weight excluding hydrogens is 361 g/mol. The zero-order chi connectivity index (χ0) is 19.6. The van der Waals surface area contributed by atoms with Crippen LogP contribution >= 0.6 is 0 Å². The highest BCUT2D eigenvalue weighted by Crippen LogP contribution is 2.45. The van der Waals surface area contributed by atoms with E-state index >= 15 is 0 Å². The Morgan fingerprint density at radius 3 is 2.64 bits per heavy atom. The third-order valence-corrected chi connectivity index (χ3v) is 6.47. The molecule has 0 radical (unpaired) electrons. The van der Waals surface area contributed by atoms with Crippen molar-refractivity contribution in [3.63, 3.8) is 0 Å². The zero-order valence-electron chi connectivity index (χ0n) is 16.2. The second-order valence-corrected chi connectivity index (χ2v) is 8.23. The SMILES string of the molecule is O=C(NCc1cccc(F)c1)N1C[C@@H](C(=O)N2CCCC2)C2(CCOCC2)C1. The summed E-state index contributed by atoms with van der Waals surface area (Å²) in [5.41, 5.74) is 0.534. The molecule has 7 heteroatoms. The van der Waals surface area contributed by atoms with Crippen LogP contribution in [-0.4, -0.2) is 61.1 Å². The van der Waals surface area contributed by atoms with E-state index in [1.807, 2.05) is 4.90 Å². The van der Waals surface area contributed by atoms with Crippen LogP contribution in [-0.2, 0) is 16.1 Å². The molecule has 3 saturated heterocycles. The number of nitrogens with one attached hydrogen (secondary N) is 1. The molecule has 3 aliphatic rings. The van der Waals surface area contributed by atoms with Crippen molar-refractivity contribution >= 4 is 11.9 Å². The minimum Gasteiger partial charge on any atom is -0.381 e. The van der Waals surface area contributed by atoms with Crippen LogP contribution in [0.4, 0.5) is 9.18 Å². The molecule has 3 amide bonds. The second-order valence-electron chi connectivity index (χ2n) is 8.23. The number of hydrogen-bond acceptors (Lipinski definition) is 3. The minimum absolute atomic E-state index is 0.158. The van der Waals surface area contributed by atoms with Gasteiger partial charge < -0.3 is 19.9 Å². The molecule has 0 bridgehead atoms. The third-order valence-electron chi connectivity index (χ3n) is 6.47. The summed E-state index contributed by atoms with van der Waals surface area (Å²) < 4.78 is 18.9. The molecule has 0 aromatic heterocycles. The highest BCUT2D eigenvalue weighted by Gasteiger charge is 2.52.